The van der Waals surface area contributed by atoms with Crippen molar-refractivity contribution in [3.05, 3.63) is 59.9 Å². The number of imidazole rings is 1. The first kappa shape index (κ1) is 21.8. The lowest BCUT2D eigenvalue weighted by Gasteiger charge is -2.24. The van der Waals surface area contributed by atoms with E-state index in [4.69, 9.17) is 0 Å². The van der Waals surface area contributed by atoms with E-state index in [1.54, 1.807) is 18.5 Å². The zero-order valence-electron chi connectivity index (χ0n) is 17.3. The Kier molecular flexibility index (Phi) is 5.86. The number of hydrogen-bond donors (Lipinski definition) is 2. The average molecular weight is 445 g/mol. The molecule has 3 aromatic rings. The molecule has 0 amide bonds. The van der Waals surface area contributed by atoms with E-state index in [0.717, 1.165) is 42.0 Å². The summed E-state index contributed by atoms with van der Waals surface area (Å²) in [6.45, 7) is 1.88. The van der Waals surface area contributed by atoms with Crippen LogP contribution in [0.25, 0.3) is 5.69 Å². The molecule has 2 aromatic heterocycles. The van der Waals surface area contributed by atoms with E-state index < -0.39 is 17.8 Å². The third-order valence-electron chi connectivity index (χ3n) is 5.66. The van der Waals surface area contributed by atoms with Crippen molar-refractivity contribution in [2.24, 2.45) is 5.92 Å². The molecule has 0 bridgehead atoms. The maximum Gasteiger partial charge on any atom is 0.433 e. The minimum absolute atomic E-state index is 0.141. The minimum atomic E-state index is -4.55. The van der Waals surface area contributed by atoms with E-state index in [1.165, 1.54) is 0 Å². The molecule has 1 aliphatic rings. The zero-order valence-corrected chi connectivity index (χ0v) is 17.3. The zero-order chi connectivity index (χ0) is 22.9. The average Bonchev–Trinajstić information content (AvgIpc) is 3.23. The van der Waals surface area contributed by atoms with Gasteiger partial charge in [-0.15, -0.1) is 0 Å². The molecule has 0 spiro atoms. The van der Waals surface area contributed by atoms with Crippen LogP contribution in [0.5, 0.6) is 0 Å². The van der Waals surface area contributed by atoms with Crippen LogP contribution in [0.2, 0.25) is 0 Å². The fourth-order valence-corrected chi connectivity index (χ4v) is 4.02. The largest absolute Gasteiger partial charge is 0.481 e. The Morgan fingerprint density at radius 2 is 1.91 bits per heavy atom. The van der Waals surface area contributed by atoms with Crippen LogP contribution in [0.15, 0.2) is 43.0 Å². The molecule has 0 aliphatic heterocycles. The minimum Gasteiger partial charge on any atom is -0.481 e. The summed E-state index contributed by atoms with van der Waals surface area (Å²) < 4.78 is 40.6. The van der Waals surface area contributed by atoms with Gasteiger partial charge in [-0.05, 0) is 62.4 Å². The first-order chi connectivity index (χ1) is 15.2. The van der Waals surface area contributed by atoms with Crippen LogP contribution >= 0.6 is 0 Å². The highest BCUT2D eigenvalue weighted by molar-refractivity contribution is 5.70. The number of hydrogen-bond acceptors (Lipinski definition) is 5. The molecule has 168 valence electrons. The fraction of sp³-hybridized carbons (Fsp3) is 0.364. The monoisotopic (exact) mass is 445 g/mol. The molecule has 7 nitrogen and oxygen atoms in total. The Hall–Kier alpha value is -3.43. The standard InChI is InChI=1S/C22H22F3N5O2/c1-13-8-16(28-21-26-7-6-19(29-21)22(23,24)25)10-17(9-13)30-11-18(27-12-30)14-2-4-15(5-3-14)20(31)32/h6-12,14-15H,2-5H2,1H3,(H,31,32)(H,26,28,29). The van der Waals surface area contributed by atoms with E-state index in [1.807, 2.05) is 23.8 Å². The SMILES string of the molecule is Cc1cc(Nc2nccc(C(F)(F)F)n2)cc(-n2cnc(C3CCC(C(=O)O)CC3)c2)c1. The summed E-state index contributed by atoms with van der Waals surface area (Å²) in [6, 6.07) is 6.33. The second kappa shape index (κ2) is 8.60. The Morgan fingerprint density at radius 3 is 2.59 bits per heavy atom. The van der Waals surface area contributed by atoms with Gasteiger partial charge in [0.05, 0.1) is 17.9 Å². The lowest BCUT2D eigenvalue weighted by molar-refractivity contribution is -0.143. The van der Waals surface area contributed by atoms with Gasteiger partial charge in [-0.25, -0.2) is 15.0 Å². The summed E-state index contributed by atoms with van der Waals surface area (Å²) in [4.78, 5) is 23.1. The van der Waals surface area contributed by atoms with Gasteiger partial charge in [0.25, 0.3) is 0 Å². The molecule has 0 atom stereocenters. The van der Waals surface area contributed by atoms with Crippen molar-refractivity contribution in [2.45, 2.75) is 44.7 Å². The first-order valence-electron chi connectivity index (χ1n) is 10.2. The van der Waals surface area contributed by atoms with Gasteiger partial charge in [0, 0.05) is 29.7 Å². The van der Waals surface area contributed by atoms with Crippen LogP contribution in [0.1, 0.15) is 48.6 Å². The Morgan fingerprint density at radius 1 is 1.16 bits per heavy atom. The second-order valence-corrected chi connectivity index (χ2v) is 8.04. The summed E-state index contributed by atoms with van der Waals surface area (Å²) in [5, 5.41) is 12.0. The van der Waals surface area contributed by atoms with Crippen molar-refractivity contribution in [3.8, 4) is 5.69 Å². The third-order valence-corrected chi connectivity index (χ3v) is 5.66. The topological polar surface area (TPSA) is 92.9 Å². The highest BCUT2D eigenvalue weighted by Gasteiger charge is 2.33. The smallest absolute Gasteiger partial charge is 0.433 e. The van der Waals surface area contributed by atoms with Gasteiger partial charge in [-0.2, -0.15) is 13.2 Å². The summed E-state index contributed by atoms with van der Waals surface area (Å²) in [7, 11) is 0. The molecule has 1 aliphatic carbocycles. The van der Waals surface area contributed by atoms with Crippen LogP contribution in [0.3, 0.4) is 0 Å². The Bertz CT molecular complexity index is 1120. The van der Waals surface area contributed by atoms with Crippen LogP contribution in [0, 0.1) is 12.8 Å². The summed E-state index contributed by atoms with van der Waals surface area (Å²) in [6.07, 6.45) is 2.97. The number of alkyl halides is 3. The van der Waals surface area contributed by atoms with Crippen molar-refractivity contribution in [3.63, 3.8) is 0 Å². The molecule has 2 N–H and O–H groups in total. The lowest BCUT2D eigenvalue weighted by atomic mass is 9.81. The number of aromatic nitrogens is 4. The number of nitrogens with one attached hydrogen (secondary N) is 1. The van der Waals surface area contributed by atoms with Gasteiger partial charge in [-0.1, -0.05) is 0 Å². The molecule has 4 rings (SSSR count). The molecular weight excluding hydrogens is 423 g/mol. The second-order valence-electron chi connectivity index (χ2n) is 8.04. The third kappa shape index (κ3) is 4.90. The van der Waals surface area contributed by atoms with Crippen molar-refractivity contribution >= 4 is 17.6 Å². The number of carboxylic acids is 1. The number of nitrogens with zero attached hydrogens (tertiary/aromatic N) is 4. The normalized spacial score (nSPS) is 19.0. The van der Waals surface area contributed by atoms with E-state index >= 15 is 0 Å². The van der Waals surface area contributed by atoms with Gasteiger partial charge in [0.1, 0.15) is 5.69 Å². The predicted molar refractivity (Wildman–Crippen MR) is 111 cm³/mol. The summed E-state index contributed by atoms with van der Waals surface area (Å²) in [5.41, 5.74) is 2.13. The van der Waals surface area contributed by atoms with Crippen molar-refractivity contribution in [1.29, 1.82) is 0 Å². The van der Waals surface area contributed by atoms with Crippen molar-refractivity contribution < 1.29 is 23.1 Å². The van der Waals surface area contributed by atoms with Gasteiger partial charge in [0.2, 0.25) is 5.95 Å². The number of halogens is 3. The molecule has 10 heteroatoms. The first-order valence-corrected chi connectivity index (χ1v) is 10.2. The molecular formula is C22H22F3N5O2. The fourth-order valence-electron chi connectivity index (χ4n) is 4.02. The van der Waals surface area contributed by atoms with Crippen molar-refractivity contribution in [2.75, 3.05) is 5.32 Å². The summed E-state index contributed by atoms with van der Waals surface area (Å²) in [5.74, 6) is -0.944. The predicted octanol–water partition coefficient (Wildman–Crippen LogP) is 5.09. The number of carboxylic acid groups (broad SMARTS) is 1. The summed E-state index contributed by atoms with van der Waals surface area (Å²) >= 11 is 0. The Labute approximate surface area is 182 Å². The number of benzene rings is 1. The quantitative estimate of drug-likeness (QED) is 0.568. The molecule has 1 fully saturated rings. The van der Waals surface area contributed by atoms with Crippen molar-refractivity contribution in [1.82, 2.24) is 19.5 Å². The number of aryl methyl sites for hydroxylation is 1. The van der Waals surface area contributed by atoms with E-state index in [9.17, 15) is 23.1 Å². The molecule has 1 aromatic carbocycles. The maximum atomic E-state index is 12.9. The highest BCUT2D eigenvalue weighted by Crippen LogP contribution is 2.35. The van der Waals surface area contributed by atoms with Gasteiger partial charge < -0.3 is 15.0 Å². The van der Waals surface area contributed by atoms with E-state index in [2.05, 4.69) is 20.3 Å². The lowest BCUT2D eigenvalue weighted by Crippen LogP contribution is -2.20. The van der Waals surface area contributed by atoms with Crippen LogP contribution < -0.4 is 5.32 Å². The molecule has 0 saturated heterocycles. The molecule has 1 saturated carbocycles. The van der Waals surface area contributed by atoms with E-state index in [-0.39, 0.29) is 17.8 Å². The van der Waals surface area contributed by atoms with E-state index in [0.29, 0.717) is 18.5 Å². The number of carbonyl (C=O) groups is 1. The maximum absolute atomic E-state index is 12.9. The molecule has 32 heavy (non-hydrogen) atoms. The Balaban J connectivity index is 1.52. The van der Waals surface area contributed by atoms with Gasteiger partial charge in [0.15, 0.2) is 0 Å². The van der Waals surface area contributed by atoms with Crippen LogP contribution in [-0.4, -0.2) is 30.6 Å². The molecule has 0 unspecified atom stereocenters. The van der Waals surface area contributed by atoms with Crippen LogP contribution in [0.4, 0.5) is 24.8 Å². The highest BCUT2D eigenvalue weighted by atomic mass is 19.4. The number of aliphatic carboxylic acids is 1. The van der Waals surface area contributed by atoms with Gasteiger partial charge >= 0.3 is 12.1 Å². The van der Waals surface area contributed by atoms with Crippen LogP contribution in [-0.2, 0) is 11.0 Å². The van der Waals surface area contributed by atoms with Gasteiger partial charge in [-0.3, -0.25) is 4.79 Å². The molecule has 0 radical (unpaired) electrons. The molecule has 2 heterocycles. The number of rotatable bonds is 5. The number of anilines is 2.